The summed E-state index contributed by atoms with van der Waals surface area (Å²) in [6.45, 7) is 4.76. The summed E-state index contributed by atoms with van der Waals surface area (Å²) in [7, 11) is 0. The summed E-state index contributed by atoms with van der Waals surface area (Å²) < 4.78 is 2.47. The van der Waals surface area contributed by atoms with Crippen LogP contribution in [0.2, 0.25) is 0 Å². The third-order valence-corrected chi connectivity index (χ3v) is 10.0. The van der Waals surface area contributed by atoms with E-state index in [0.717, 1.165) is 5.52 Å². The lowest BCUT2D eigenvalue weighted by molar-refractivity contribution is 0.660. The van der Waals surface area contributed by atoms with Gasteiger partial charge in [0.2, 0.25) is 0 Å². The van der Waals surface area contributed by atoms with Gasteiger partial charge in [-0.15, -0.1) is 0 Å². The average molecular weight is 603 g/mol. The molecule has 0 spiro atoms. The number of hydrogen-bond acceptors (Lipinski definition) is 0. The Labute approximate surface area is 274 Å². The second-order valence-corrected chi connectivity index (χ2v) is 13.0. The number of aromatic amines is 1. The van der Waals surface area contributed by atoms with Crippen molar-refractivity contribution in [2.75, 3.05) is 0 Å². The largest absolute Gasteiger partial charge is 0.361 e. The van der Waals surface area contributed by atoms with E-state index in [1.54, 1.807) is 0 Å². The molecule has 2 heterocycles. The lowest BCUT2D eigenvalue weighted by Gasteiger charge is -2.22. The molecule has 0 atom stereocenters. The maximum Gasteiger partial charge on any atom is 0.0543 e. The van der Waals surface area contributed by atoms with Crippen LogP contribution in [0.3, 0.4) is 0 Å². The van der Waals surface area contributed by atoms with Crippen molar-refractivity contribution in [1.29, 1.82) is 0 Å². The third-order valence-electron chi connectivity index (χ3n) is 10.0. The summed E-state index contributed by atoms with van der Waals surface area (Å²) in [5, 5.41) is 3.74. The Morgan fingerprint density at radius 1 is 0.468 bits per heavy atom. The lowest BCUT2D eigenvalue weighted by Crippen LogP contribution is -2.15. The van der Waals surface area contributed by atoms with E-state index < -0.39 is 0 Å². The van der Waals surface area contributed by atoms with Gasteiger partial charge in [0, 0.05) is 38.9 Å². The fourth-order valence-corrected chi connectivity index (χ4v) is 7.77. The SMILES string of the molecule is CC1(C)c2cc(-c3cc(-c4ccccc4)ccc[nH]c4ccccc34)ccc2-c2c(-n3c4ccccc4c4ccccc43)cccc21. The minimum atomic E-state index is -0.175. The molecule has 0 aliphatic heterocycles. The Hall–Kier alpha value is -5.86. The van der Waals surface area contributed by atoms with Gasteiger partial charge in [0.15, 0.2) is 0 Å². The van der Waals surface area contributed by atoms with Crippen LogP contribution in [0.5, 0.6) is 0 Å². The second kappa shape index (κ2) is 10.6. The van der Waals surface area contributed by atoms with Crippen LogP contribution in [0.1, 0.15) is 25.0 Å². The number of para-hydroxylation sites is 3. The van der Waals surface area contributed by atoms with Gasteiger partial charge < -0.3 is 9.55 Å². The van der Waals surface area contributed by atoms with E-state index >= 15 is 0 Å². The van der Waals surface area contributed by atoms with E-state index in [9.17, 15) is 0 Å². The van der Waals surface area contributed by atoms with Crippen molar-refractivity contribution in [3.63, 3.8) is 0 Å². The van der Waals surface area contributed by atoms with Crippen molar-refractivity contribution >= 4 is 32.7 Å². The van der Waals surface area contributed by atoms with E-state index in [0.29, 0.717) is 0 Å². The summed E-state index contributed by atoms with van der Waals surface area (Å²) in [5.74, 6) is 0. The van der Waals surface area contributed by atoms with Crippen LogP contribution in [-0.2, 0) is 5.41 Å². The van der Waals surface area contributed by atoms with Gasteiger partial charge in [-0.05, 0) is 81.4 Å². The highest BCUT2D eigenvalue weighted by Gasteiger charge is 2.37. The molecule has 1 N–H and O–H groups in total. The Morgan fingerprint density at radius 2 is 1.13 bits per heavy atom. The molecular formula is C45H34N2. The third kappa shape index (κ3) is 4.26. The van der Waals surface area contributed by atoms with E-state index in [-0.39, 0.29) is 5.41 Å². The predicted octanol–water partition coefficient (Wildman–Crippen LogP) is 12.0. The number of nitrogens with zero attached hydrogens (tertiary/aromatic N) is 1. The molecule has 1 aliphatic carbocycles. The zero-order valence-corrected chi connectivity index (χ0v) is 26.5. The molecule has 0 fully saturated rings. The van der Waals surface area contributed by atoms with Crippen LogP contribution >= 0.6 is 0 Å². The predicted molar refractivity (Wildman–Crippen MR) is 199 cm³/mol. The second-order valence-electron chi connectivity index (χ2n) is 13.0. The molecule has 6 aromatic carbocycles. The number of hydrogen-bond donors (Lipinski definition) is 1. The normalized spacial score (nSPS) is 13.1. The fraction of sp³-hybridized carbons (Fsp3) is 0.0667. The number of rotatable bonds is 3. The van der Waals surface area contributed by atoms with E-state index in [1.807, 2.05) is 6.20 Å². The van der Waals surface area contributed by atoms with Crippen molar-refractivity contribution < 1.29 is 0 Å². The quantitative estimate of drug-likeness (QED) is 0.208. The molecule has 1 aliphatic rings. The first-order chi connectivity index (χ1) is 23.1. The van der Waals surface area contributed by atoms with Gasteiger partial charge in [0.25, 0.3) is 0 Å². The van der Waals surface area contributed by atoms with Crippen LogP contribution in [0.25, 0.3) is 71.8 Å². The molecule has 8 aromatic rings. The summed E-state index contributed by atoms with van der Waals surface area (Å²) in [4.78, 5) is 3.54. The fourth-order valence-electron chi connectivity index (χ4n) is 7.77. The van der Waals surface area contributed by atoms with Crippen LogP contribution in [0.4, 0.5) is 0 Å². The van der Waals surface area contributed by atoms with Gasteiger partial charge >= 0.3 is 0 Å². The maximum absolute atomic E-state index is 3.54. The number of aromatic nitrogens is 2. The lowest BCUT2D eigenvalue weighted by atomic mass is 9.81. The molecule has 0 saturated heterocycles. The zero-order chi connectivity index (χ0) is 31.5. The standard InChI is InChI=1S/C45H34N2/c1-45(2)38-20-12-24-43(47-41-22-10-7-18-34(41)35-19-8-11-23-42(35)47)44(38)36-26-25-32(29-39(36)45)37-28-31(30-14-4-3-5-15-30)16-13-27-46-40-21-9-6-17-33(37)40/h3-29,46H,1-2H3. The van der Waals surface area contributed by atoms with Crippen molar-refractivity contribution in [1.82, 2.24) is 9.55 Å². The minimum Gasteiger partial charge on any atom is -0.361 e. The first-order valence-corrected chi connectivity index (χ1v) is 16.4. The topological polar surface area (TPSA) is 20.7 Å². The molecule has 0 unspecified atom stereocenters. The van der Waals surface area contributed by atoms with Gasteiger partial charge in [0.1, 0.15) is 0 Å². The highest BCUT2D eigenvalue weighted by atomic mass is 15.0. The highest BCUT2D eigenvalue weighted by molar-refractivity contribution is 6.10. The van der Waals surface area contributed by atoms with Crippen molar-refractivity contribution in [3.8, 4) is 39.1 Å². The molecular weight excluding hydrogens is 569 g/mol. The molecule has 47 heavy (non-hydrogen) atoms. The first-order valence-electron chi connectivity index (χ1n) is 16.4. The maximum atomic E-state index is 3.54. The van der Waals surface area contributed by atoms with Crippen molar-refractivity contribution in [2.24, 2.45) is 0 Å². The smallest absolute Gasteiger partial charge is 0.0543 e. The van der Waals surface area contributed by atoms with Gasteiger partial charge in [-0.3, -0.25) is 0 Å². The average Bonchev–Trinajstić information content (AvgIpc) is 3.60. The Bertz CT molecular complexity index is 2490. The van der Waals surface area contributed by atoms with Gasteiger partial charge in [-0.1, -0.05) is 129 Å². The Balaban J connectivity index is 1.31. The van der Waals surface area contributed by atoms with E-state index in [4.69, 9.17) is 0 Å². The van der Waals surface area contributed by atoms with Crippen LogP contribution < -0.4 is 0 Å². The monoisotopic (exact) mass is 602 g/mol. The van der Waals surface area contributed by atoms with Crippen molar-refractivity contribution in [2.45, 2.75) is 19.3 Å². The number of benzene rings is 6. The molecule has 0 saturated carbocycles. The molecule has 2 aromatic heterocycles. The van der Waals surface area contributed by atoms with Gasteiger partial charge in [-0.25, -0.2) is 0 Å². The molecule has 224 valence electrons. The summed E-state index contributed by atoms with van der Waals surface area (Å²) in [5.41, 5.74) is 14.7. The Kier molecular flexibility index (Phi) is 6.20. The molecule has 0 amide bonds. The highest BCUT2D eigenvalue weighted by Crippen LogP contribution is 2.52. The minimum absolute atomic E-state index is 0.175. The Morgan fingerprint density at radius 3 is 1.89 bits per heavy atom. The van der Waals surface area contributed by atoms with Crippen LogP contribution in [0, 0.1) is 0 Å². The molecule has 2 heteroatoms. The van der Waals surface area contributed by atoms with E-state index in [1.165, 1.54) is 77.4 Å². The van der Waals surface area contributed by atoms with Crippen LogP contribution in [-0.4, -0.2) is 9.55 Å². The number of fused-ring (bicyclic) bond motifs is 7. The molecule has 9 rings (SSSR count). The van der Waals surface area contributed by atoms with Gasteiger partial charge in [0.05, 0.1) is 16.7 Å². The molecule has 0 bridgehead atoms. The molecule has 2 nitrogen and oxygen atoms in total. The number of H-pyrrole nitrogens is 1. The first kappa shape index (κ1) is 27.5. The van der Waals surface area contributed by atoms with Crippen molar-refractivity contribution in [3.05, 3.63) is 175 Å². The van der Waals surface area contributed by atoms with Crippen LogP contribution in [0.15, 0.2) is 164 Å². The summed E-state index contributed by atoms with van der Waals surface area (Å²) in [6, 6.07) is 57.5. The zero-order valence-electron chi connectivity index (χ0n) is 26.5. The van der Waals surface area contributed by atoms with Gasteiger partial charge in [-0.2, -0.15) is 0 Å². The summed E-state index contributed by atoms with van der Waals surface area (Å²) >= 11 is 0. The molecule has 0 radical (unpaired) electrons. The summed E-state index contributed by atoms with van der Waals surface area (Å²) in [6.07, 6.45) is 2.02. The number of nitrogens with one attached hydrogen (secondary N) is 1. The van der Waals surface area contributed by atoms with E-state index in [2.05, 4.69) is 181 Å².